The van der Waals surface area contributed by atoms with Gasteiger partial charge in [0.15, 0.2) is 62.1 Å². The minimum absolute atomic E-state index is 0.105. The van der Waals surface area contributed by atoms with Crippen molar-refractivity contribution >= 4 is 26.5 Å². The number of carbonyl (C=O) groups is 1. The Balaban J connectivity index is 0.000000243. The van der Waals surface area contributed by atoms with Gasteiger partial charge < -0.3 is 9.47 Å². The molecule has 0 aromatic heterocycles. The number of hydrogen-bond acceptors (Lipinski definition) is 4. The molecule has 40 heteroatoms. The maximum absolute atomic E-state index is 14.2. The fourth-order valence-electron chi connectivity index (χ4n) is 14.8. The number of carbonyl (C=O) groups excluding carboxylic acids is 1. The van der Waals surface area contributed by atoms with Gasteiger partial charge in [0.25, 0.3) is 0 Å². The average Bonchev–Trinajstić information content (AvgIpc) is 0.716. The summed E-state index contributed by atoms with van der Waals surface area (Å²) in [5.41, 5.74) is 13.7. The lowest BCUT2D eigenvalue weighted by molar-refractivity contribution is -0.276. The van der Waals surface area contributed by atoms with Gasteiger partial charge in [-0.05, 0) is 284 Å². The van der Waals surface area contributed by atoms with Crippen LogP contribution in [-0.2, 0) is 12.3 Å². The Hall–Kier alpha value is -12.3. The predicted octanol–water partition coefficient (Wildman–Crippen LogP) is 35.1. The molecule has 134 heavy (non-hydrogen) atoms. The lowest BCUT2D eigenvalue weighted by Crippen LogP contribution is -2.25. The Labute approximate surface area is 744 Å². The molecular formula is C94H75F34NO3S2. The van der Waals surface area contributed by atoms with Gasteiger partial charge in [0.05, 0.1) is 5.56 Å². The molecule has 0 atom stereocenters. The average molecular weight is 1980 g/mol. The third-order valence-corrected chi connectivity index (χ3v) is 21.4. The summed E-state index contributed by atoms with van der Waals surface area (Å²) in [6, 6.07) is 26.5. The molecule has 4 nitrogen and oxygen atoms in total. The third-order valence-electron chi connectivity index (χ3n) is 19.1. The molecule has 12 rings (SSSR count). The SMILES string of the molecule is Cc1cc(C)c(-c2cc(F)c(C#N)c(F)c2)c(C)c1.Cc1cc(C)c(-c2cc(F)c(C(F)(F)F)c(F)c2)c(C)c1.Cc1cc(C)c(-c2cc(F)c(F)c(F)c2)c(C)c1.Cc1cc(C)c(-c2cc(F)c(OC(F)(F)F)c(F)c2)c(C)c1.Cc1cc(C)c(C(=O)F)c(C)c1.Cc1cc(C)c(C(F)(F)Oc2cc(F)c(S(F)(F)(F)(F)F)c(F)c2)c(F)c1.Fc1cc(F)c(S(F)(F)(F)(F)F)c(F)c1. The molecule has 0 bridgehead atoms. The summed E-state index contributed by atoms with van der Waals surface area (Å²) in [6.07, 6.45) is -14.8. The largest absolute Gasteiger partial charge is 0.573 e. The van der Waals surface area contributed by atoms with Crippen molar-refractivity contribution in [2.24, 2.45) is 0 Å². The van der Waals surface area contributed by atoms with E-state index in [1.807, 2.05) is 111 Å². The van der Waals surface area contributed by atoms with Crippen molar-refractivity contribution in [1.29, 1.82) is 5.26 Å². The van der Waals surface area contributed by atoms with Crippen LogP contribution in [0, 0.1) is 216 Å². The van der Waals surface area contributed by atoms with Crippen molar-refractivity contribution in [3.63, 3.8) is 0 Å². The number of hydrogen-bond donors (Lipinski definition) is 0. The highest BCUT2D eigenvalue weighted by Crippen LogP contribution is 3.03. The number of aryl methyl sites for hydroxylation is 17. The van der Waals surface area contributed by atoms with Crippen molar-refractivity contribution in [3.05, 3.63) is 350 Å². The van der Waals surface area contributed by atoms with Crippen molar-refractivity contribution in [1.82, 2.24) is 0 Å². The van der Waals surface area contributed by atoms with Crippen molar-refractivity contribution in [3.8, 4) is 62.1 Å². The highest BCUT2D eigenvalue weighted by molar-refractivity contribution is 8.46. The molecule has 0 saturated carbocycles. The number of nitrogens with zero attached hydrogens (tertiary/aromatic N) is 1. The van der Waals surface area contributed by atoms with E-state index in [-0.39, 0.29) is 27.8 Å². The van der Waals surface area contributed by atoms with Crippen LogP contribution in [0.3, 0.4) is 0 Å². The van der Waals surface area contributed by atoms with E-state index in [0.717, 1.165) is 133 Å². The summed E-state index contributed by atoms with van der Waals surface area (Å²) < 4.78 is 445. The topological polar surface area (TPSA) is 59.3 Å². The van der Waals surface area contributed by atoms with E-state index in [1.165, 1.54) is 25.1 Å². The first-order valence-corrected chi connectivity index (χ1v) is 42.0. The van der Waals surface area contributed by atoms with E-state index >= 15 is 0 Å². The molecule has 724 valence electrons. The van der Waals surface area contributed by atoms with Crippen LogP contribution in [0.5, 0.6) is 11.5 Å². The van der Waals surface area contributed by atoms with Crippen LogP contribution in [-0.4, -0.2) is 12.4 Å². The summed E-state index contributed by atoms with van der Waals surface area (Å²) in [7, 11) is -21.2. The zero-order valence-corrected chi connectivity index (χ0v) is 74.3. The molecule has 0 radical (unpaired) electrons. The van der Waals surface area contributed by atoms with Crippen LogP contribution in [0.2, 0.25) is 0 Å². The molecule has 0 fully saturated rings. The molecule has 0 saturated heterocycles. The first kappa shape index (κ1) is 110. The second-order valence-corrected chi connectivity index (χ2v) is 35.6. The number of rotatable bonds is 11. The normalized spacial score (nSPS) is 12.6. The summed E-state index contributed by atoms with van der Waals surface area (Å²) in [5.74, 6) is -28.6. The molecular weight excluding hydrogens is 1900 g/mol. The number of nitriles is 1. The van der Waals surface area contributed by atoms with Crippen LogP contribution in [0.4, 0.5) is 144 Å². The molecule has 12 aromatic rings. The Morgan fingerprint density at radius 2 is 0.537 bits per heavy atom. The lowest BCUT2D eigenvalue weighted by Gasteiger charge is -2.40. The molecule has 0 N–H and O–H groups in total. The van der Waals surface area contributed by atoms with Crippen LogP contribution < -0.4 is 9.47 Å². The first-order chi connectivity index (χ1) is 60.7. The Bertz CT molecular complexity index is 6320. The summed E-state index contributed by atoms with van der Waals surface area (Å²) in [6.45, 7) is 30.1. The van der Waals surface area contributed by atoms with Crippen molar-refractivity contribution < 1.29 is 158 Å². The van der Waals surface area contributed by atoms with Gasteiger partial charge in [-0.2, -0.15) is 31.6 Å². The molecule has 0 aliphatic heterocycles. The van der Waals surface area contributed by atoms with E-state index in [4.69, 9.17) is 5.26 Å². The zero-order chi connectivity index (χ0) is 103. The van der Waals surface area contributed by atoms with Crippen LogP contribution >= 0.6 is 20.4 Å². The quantitative estimate of drug-likeness (QED) is 0.0736. The van der Waals surface area contributed by atoms with Gasteiger partial charge in [-0.1, -0.05) is 133 Å². The molecule has 0 aliphatic carbocycles. The van der Waals surface area contributed by atoms with Gasteiger partial charge >= 0.3 is 45.1 Å². The van der Waals surface area contributed by atoms with E-state index in [9.17, 15) is 149 Å². The molecule has 0 amide bonds. The summed E-state index contributed by atoms with van der Waals surface area (Å²) in [5, 5.41) is 8.68. The zero-order valence-electron chi connectivity index (χ0n) is 72.7. The monoisotopic (exact) mass is 1980 g/mol. The minimum Gasteiger partial charge on any atom is -0.429 e. The molecule has 12 aromatic carbocycles. The van der Waals surface area contributed by atoms with Crippen LogP contribution in [0.1, 0.15) is 122 Å². The minimum atomic E-state index is -10.8. The van der Waals surface area contributed by atoms with E-state index in [2.05, 4.69) is 9.47 Å². The molecule has 0 spiro atoms. The molecule has 0 aliphatic rings. The first-order valence-electron chi connectivity index (χ1n) is 38.1. The van der Waals surface area contributed by atoms with Gasteiger partial charge in [0, 0.05) is 24.3 Å². The smallest absolute Gasteiger partial charge is 0.429 e. The lowest BCUT2D eigenvalue weighted by atomic mass is 9.93. The third kappa shape index (κ3) is 28.4. The predicted molar refractivity (Wildman–Crippen MR) is 442 cm³/mol. The second-order valence-electron chi connectivity index (χ2n) is 30.9. The van der Waals surface area contributed by atoms with Gasteiger partial charge in [-0.25, -0.2) is 65.9 Å². The van der Waals surface area contributed by atoms with Gasteiger partial charge in [0.2, 0.25) is 5.75 Å². The fourth-order valence-corrected chi connectivity index (χ4v) is 16.5. The summed E-state index contributed by atoms with van der Waals surface area (Å²) >= 11 is 0. The number of alkyl halides is 8. The van der Waals surface area contributed by atoms with E-state index in [1.54, 1.807) is 53.7 Å². The van der Waals surface area contributed by atoms with E-state index < -0.39 is 195 Å². The molecule has 0 unspecified atom stereocenters. The number of benzene rings is 12. The van der Waals surface area contributed by atoms with Crippen LogP contribution in [0.15, 0.2) is 155 Å². The second kappa shape index (κ2) is 39.3. The number of ether oxygens (including phenoxy) is 2. The maximum Gasteiger partial charge on any atom is 0.573 e. The van der Waals surface area contributed by atoms with Crippen molar-refractivity contribution in [2.45, 2.75) is 146 Å². The standard InChI is InChI=1S/C16H13F5O.C16H13F5.C16H13F2N.C15H10F10OS.C15H13F3.C10H11FO.C6H2F8S/c1-8-4-9(2)14(10(3)5-8)11-6-12(17)15(13(18)7-11)22-16(19,20)21;1-8-4-9(2)14(10(3)5-8)11-6-12(17)15(13(18)7-11)16(19,20)21;1-9-4-10(2)16(11(3)5-9)12-6-14(17)13(8-19)15(18)7-12;1-7-3-8(2)13(10(16)4-7)15(19,20)26-9-5-11(17)14(12(18)6-9)27(21,22,23,24)25;1-8-4-9(2)14(10(3)5-8)11-6-12(16)15(18)13(17)7-11;1-6-4-7(2)9(10(11)12)8(3)5-6;7-3-1-4(8)6(5(9)2-3)15(10,11,12,13)14/h4-7H,1-3H3;4-7H,1-3H3;4-7H,1-3H3;3-6H,1-2H3;4-7H,1-3H3;4-5H,1-3H3;1-2H. The van der Waals surface area contributed by atoms with E-state index in [0.29, 0.717) is 39.4 Å². The van der Waals surface area contributed by atoms with Gasteiger partial charge in [0.1, 0.15) is 63.4 Å². The van der Waals surface area contributed by atoms with Gasteiger partial charge in [-0.3, -0.25) is 4.79 Å². The number of halogens is 34. The van der Waals surface area contributed by atoms with Crippen molar-refractivity contribution in [2.75, 3.05) is 0 Å². The highest BCUT2D eigenvalue weighted by atomic mass is 32.5. The van der Waals surface area contributed by atoms with Gasteiger partial charge in [-0.15, -0.1) is 13.2 Å². The Morgan fingerprint density at radius 3 is 0.799 bits per heavy atom. The Kier molecular flexibility index (Phi) is 32.4. The van der Waals surface area contributed by atoms with Crippen LogP contribution in [0.25, 0.3) is 44.5 Å². The molecule has 0 heterocycles. The summed E-state index contributed by atoms with van der Waals surface area (Å²) in [4.78, 5) is 3.73. The Morgan fingerprint density at radius 1 is 0.291 bits per heavy atom. The maximum atomic E-state index is 14.2. The fraction of sp³-hybridized carbons (Fsp3) is 0.213. The highest BCUT2D eigenvalue weighted by Gasteiger charge is 2.70.